The molecule has 2 amide bonds. The number of hydrogen-bond donors (Lipinski definition) is 0. The molecule has 0 spiro atoms. The fourth-order valence-corrected chi connectivity index (χ4v) is 4.56. The molecule has 7 nitrogen and oxygen atoms in total. The molecule has 1 aromatic heterocycles. The van der Waals surface area contributed by atoms with Crippen LogP contribution >= 0.6 is 0 Å². The van der Waals surface area contributed by atoms with Crippen LogP contribution in [0.5, 0.6) is 0 Å². The lowest BCUT2D eigenvalue weighted by atomic mass is 9.94. The van der Waals surface area contributed by atoms with Crippen molar-refractivity contribution in [1.29, 1.82) is 0 Å². The second-order valence-corrected chi connectivity index (χ2v) is 7.70. The predicted molar refractivity (Wildman–Crippen MR) is 99.8 cm³/mol. The van der Waals surface area contributed by atoms with E-state index in [1.165, 1.54) is 0 Å². The zero-order valence-corrected chi connectivity index (χ0v) is 15.9. The average Bonchev–Trinajstić information content (AvgIpc) is 3.20. The lowest BCUT2D eigenvalue weighted by Gasteiger charge is -2.32. The lowest BCUT2D eigenvalue weighted by molar-refractivity contribution is -0.139. The molecule has 1 atom stereocenters. The smallest absolute Gasteiger partial charge is 0.263 e. The van der Waals surface area contributed by atoms with E-state index < -0.39 is 6.04 Å². The number of nitrogens with zero attached hydrogens (tertiary/aromatic N) is 3. The summed E-state index contributed by atoms with van der Waals surface area (Å²) in [4.78, 5) is 42.4. The molecule has 0 aromatic carbocycles. The van der Waals surface area contributed by atoms with Crippen molar-refractivity contribution in [2.75, 3.05) is 32.8 Å². The normalized spacial score (nSPS) is 22.6. The summed E-state index contributed by atoms with van der Waals surface area (Å²) in [7, 11) is 1.75. The molecule has 3 aliphatic rings. The minimum Gasteiger partial charge on any atom is -0.378 e. The maximum atomic E-state index is 13.2. The van der Waals surface area contributed by atoms with Crippen LogP contribution in [0.15, 0.2) is 10.9 Å². The fourth-order valence-electron chi connectivity index (χ4n) is 4.56. The number of rotatable bonds is 2. The number of fused-ring (bicyclic) bond motifs is 1. The van der Waals surface area contributed by atoms with Crippen LogP contribution in [0.4, 0.5) is 0 Å². The monoisotopic (exact) mass is 373 g/mol. The largest absolute Gasteiger partial charge is 0.378 e. The molecule has 4 rings (SSSR count). The molecule has 2 saturated heterocycles. The van der Waals surface area contributed by atoms with Crippen molar-refractivity contribution < 1.29 is 14.3 Å². The van der Waals surface area contributed by atoms with Crippen molar-refractivity contribution in [2.24, 2.45) is 7.05 Å². The first kappa shape index (κ1) is 18.2. The van der Waals surface area contributed by atoms with Gasteiger partial charge in [-0.2, -0.15) is 0 Å². The van der Waals surface area contributed by atoms with E-state index in [-0.39, 0.29) is 22.9 Å². The third-order valence-electron chi connectivity index (χ3n) is 6.09. The quantitative estimate of drug-likeness (QED) is 0.766. The predicted octanol–water partition coefficient (Wildman–Crippen LogP) is 0.728. The number of hydrogen-bond acceptors (Lipinski definition) is 4. The lowest BCUT2D eigenvalue weighted by Crippen LogP contribution is -2.51. The molecule has 0 bridgehead atoms. The second kappa shape index (κ2) is 7.46. The Kier molecular flexibility index (Phi) is 5.04. The van der Waals surface area contributed by atoms with E-state index in [1.54, 1.807) is 27.5 Å². The molecule has 1 aromatic rings. The van der Waals surface area contributed by atoms with Gasteiger partial charge in [0.15, 0.2) is 0 Å². The number of aromatic nitrogens is 1. The van der Waals surface area contributed by atoms with Crippen molar-refractivity contribution in [3.05, 3.63) is 33.2 Å². The number of ether oxygens (including phenoxy) is 1. The van der Waals surface area contributed by atoms with Crippen molar-refractivity contribution in [3.63, 3.8) is 0 Å². The van der Waals surface area contributed by atoms with Gasteiger partial charge in [-0.15, -0.1) is 0 Å². The minimum atomic E-state index is -0.462. The number of pyridine rings is 1. The number of carbonyl (C=O) groups excluding carboxylic acids is 2. The third-order valence-corrected chi connectivity index (χ3v) is 6.09. The van der Waals surface area contributed by atoms with E-state index >= 15 is 0 Å². The molecule has 146 valence electrons. The zero-order valence-electron chi connectivity index (χ0n) is 15.9. The van der Waals surface area contributed by atoms with E-state index in [0.717, 1.165) is 43.4 Å². The molecular formula is C20H27N3O4. The van der Waals surface area contributed by atoms with Crippen LogP contribution < -0.4 is 5.56 Å². The molecule has 0 saturated carbocycles. The Morgan fingerprint density at radius 2 is 1.81 bits per heavy atom. The Labute approximate surface area is 158 Å². The van der Waals surface area contributed by atoms with Crippen molar-refractivity contribution >= 4 is 11.8 Å². The summed E-state index contributed by atoms with van der Waals surface area (Å²) < 4.78 is 6.95. The van der Waals surface area contributed by atoms with Crippen LogP contribution in [0, 0.1) is 0 Å². The molecule has 0 radical (unpaired) electrons. The molecule has 2 aliphatic heterocycles. The highest BCUT2D eigenvalue weighted by molar-refractivity contribution is 5.98. The Hall–Kier alpha value is -2.15. The van der Waals surface area contributed by atoms with Gasteiger partial charge in [-0.25, -0.2) is 0 Å². The van der Waals surface area contributed by atoms with Gasteiger partial charge in [-0.1, -0.05) is 0 Å². The first-order valence-corrected chi connectivity index (χ1v) is 9.97. The summed E-state index contributed by atoms with van der Waals surface area (Å²) in [5.41, 5.74) is 2.11. The topological polar surface area (TPSA) is 71.8 Å². The van der Waals surface area contributed by atoms with E-state index in [4.69, 9.17) is 4.74 Å². The van der Waals surface area contributed by atoms with E-state index in [1.807, 2.05) is 0 Å². The Morgan fingerprint density at radius 1 is 1.07 bits per heavy atom. The van der Waals surface area contributed by atoms with Gasteiger partial charge in [0.2, 0.25) is 5.91 Å². The average molecular weight is 373 g/mol. The summed E-state index contributed by atoms with van der Waals surface area (Å²) in [5.74, 6) is -0.313. The highest BCUT2D eigenvalue weighted by atomic mass is 16.5. The minimum absolute atomic E-state index is 0.0149. The van der Waals surface area contributed by atoms with Gasteiger partial charge in [0.25, 0.3) is 11.5 Å². The number of morpholine rings is 1. The number of aryl methyl sites for hydroxylation is 1. The fraction of sp³-hybridized carbons (Fsp3) is 0.650. The Balaban J connectivity index is 1.61. The summed E-state index contributed by atoms with van der Waals surface area (Å²) in [5, 5.41) is 0. The van der Waals surface area contributed by atoms with Crippen molar-refractivity contribution in [2.45, 2.75) is 44.6 Å². The van der Waals surface area contributed by atoms with Gasteiger partial charge >= 0.3 is 0 Å². The SMILES string of the molecule is Cn1c2c(cc(C(=O)N3CCC[C@H]3C(=O)N3CCOCC3)c1=O)CCCC2. The van der Waals surface area contributed by atoms with Gasteiger partial charge in [0.05, 0.1) is 13.2 Å². The van der Waals surface area contributed by atoms with Crippen LogP contribution in [0.1, 0.15) is 47.3 Å². The van der Waals surface area contributed by atoms with Gasteiger partial charge in [0.1, 0.15) is 11.6 Å². The zero-order chi connectivity index (χ0) is 19.0. The molecule has 0 unspecified atom stereocenters. The molecular weight excluding hydrogens is 346 g/mol. The highest BCUT2D eigenvalue weighted by Crippen LogP contribution is 2.24. The van der Waals surface area contributed by atoms with Crippen LogP contribution in [-0.2, 0) is 29.4 Å². The maximum absolute atomic E-state index is 13.2. The van der Waals surface area contributed by atoms with Gasteiger partial charge in [-0.05, 0) is 50.2 Å². The standard InChI is InChI=1S/C20H27N3O4/c1-21-16-6-3-2-5-14(16)13-15(18(21)24)19(25)23-8-4-7-17(23)20(26)22-9-11-27-12-10-22/h13,17H,2-12H2,1H3/t17-/m0/s1. The molecule has 27 heavy (non-hydrogen) atoms. The summed E-state index contributed by atoms with van der Waals surface area (Å²) in [6.07, 6.45) is 5.40. The van der Waals surface area contributed by atoms with Crippen molar-refractivity contribution in [3.8, 4) is 0 Å². The number of amides is 2. The summed E-state index contributed by atoms with van der Waals surface area (Å²) in [6, 6.07) is 1.32. The van der Waals surface area contributed by atoms with Crippen LogP contribution in [0.25, 0.3) is 0 Å². The molecule has 7 heteroatoms. The van der Waals surface area contributed by atoms with Crippen LogP contribution in [0.2, 0.25) is 0 Å². The van der Waals surface area contributed by atoms with Crippen LogP contribution in [-0.4, -0.2) is 65.1 Å². The molecule has 2 fully saturated rings. The number of likely N-dealkylation sites (tertiary alicyclic amines) is 1. The second-order valence-electron chi connectivity index (χ2n) is 7.70. The van der Waals surface area contributed by atoms with E-state index in [2.05, 4.69) is 0 Å². The molecule has 3 heterocycles. The van der Waals surface area contributed by atoms with Gasteiger partial charge in [0, 0.05) is 32.4 Å². The first-order chi connectivity index (χ1) is 13.1. The summed E-state index contributed by atoms with van der Waals surface area (Å²) >= 11 is 0. The highest BCUT2D eigenvalue weighted by Gasteiger charge is 2.38. The first-order valence-electron chi connectivity index (χ1n) is 9.97. The van der Waals surface area contributed by atoms with Crippen molar-refractivity contribution in [1.82, 2.24) is 14.4 Å². The summed E-state index contributed by atoms with van der Waals surface area (Å²) in [6.45, 7) is 2.74. The number of carbonyl (C=O) groups is 2. The molecule has 0 N–H and O–H groups in total. The van der Waals surface area contributed by atoms with Gasteiger partial charge < -0.3 is 19.1 Å². The molecule has 1 aliphatic carbocycles. The van der Waals surface area contributed by atoms with Gasteiger partial charge in [-0.3, -0.25) is 14.4 Å². The van der Waals surface area contributed by atoms with Crippen LogP contribution in [0.3, 0.4) is 0 Å². The third kappa shape index (κ3) is 3.29. The Bertz CT molecular complexity index is 810. The maximum Gasteiger partial charge on any atom is 0.263 e. The van der Waals surface area contributed by atoms with E-state index in [0.29, 0.717) is 39.3 Å². The Morgan fingerprint density at radius 3 is 2.59 bits per heavy atom. The van der Waals surface area contributed by atoms with E-state index in [9.17, 15) is 14.4 Å².